The van der Waals surface area contributed by atoms with Crippen LogP contribution < -0.4 is 20.9 Å². The fraction of sp³-hybridized carbons (Fsp3) is 0.125. The predicted molar refractivity (Wildman–Crippen MR) is 93.8 cm³/mol. The minimum absolute atomic E-state index is 0.205. The Hall–Kier alpha value is -2.88. The van der Waals surface area contributed by atoms with Gasteiger partial charge in [0.15, 0.2) is 0 Å². The molecule has 10 heteroatoms. The van der Waals surface area contributed by atoms with Crippen molar-refractivity contribution in [2.24, 2.45) is 0 Å². The Balaban J connectivity index is 2.11. The summed E-state index contributed by atoms with van der Waals surface area (Å²) in [5.41, 5.74) is 4.60. The molecule has 4 N–H and O–H groups in total. The van der Waals surface area contributed by atoms with Gasteiger partial charge in [-0.05, 0) is 36.4 Å². The molecule has 0 fully saturated rings. The van der Waals surface area contributed by atoms with E-state index in [2.05, 4.69) is 20.9 Å². The molecule has 0 radical (unpaired) electrons. The van der Waals surface area contributed by atoms with E-state index in [0.29, 0.717) is 11.4 Å². The Morgan fingerprint density at radius 1 is 0.962 bits per heavy atom. The largest absolute Gasteiger partial charge is 0.416 e. The number of carbonyl (C=O) groups is 2. The van der Waals surface area contributed by atoms with Crippen LogP contribution in [-0.2, 0) is 6.18 Å². The van der Waals surface area contributed by atoms with Crippen LogP contribution in [0.4, 0.5) is 29.3 Å². The molecule has 0 spiro atoms. The van der Waals surface area contributed by atoms with Crippen LogP contribution in [0.5, 0.6) is 0 Å². The summed E-state index contributed by atoms with van der Waals surface area (Å²) in [6.45, 7) is 0. The summed E-state index contributed by atoms with van der Waals surface area (Å²) >= 11 is 1.06. The van der Waals surface area contributed by atoms with Crippen LogP contribution in [0.15, 0.2) is 48.5 Å². The zero-order chi connectivity index (χ0) is 19.2. The second kappa shape index (κ2) is 8.48. The minimum Gasteiger partial charge on any atom is -0.355 e. The maximum absolute atomic E-state index is 12.6. The fourth-order valence-corrected chi connectivity index (χ4v) is 2.22. The van der Waals surface area contributed by atoms with Gasteiger partial charge in [0, 0.05) is 11.9 Å². The maximum Gasteiger partial charge on any atom is 0.416 e. The summed E-state index contributed by atoms with van der Waals surface area (Å²) in [5.74, 6) is -0.587. The van der Waals surface area contributed by atoms with Gasteiger partial charge < -0.3 is 5.32 Å². The molecule has 2 aromatic rings. The van der Waals surface area contributed by atoms with Crippen molar-refractivity contribution in [1.82, 2.24) is 15.6 Å². The third kappa shape index (κ3) is 5.31. The van der Waals surface area contributed by atoms with Crippen LogP contribution in [0.25, 0.3) is 0 Å². The highest BCUT2D eigenvalue weighted by Crippen LogP contribution is 2.30. The molecule has 0 unspecified atom stereocenters. The summed E-state index contributed by atoms with van der Waals surface area (Å²) in [6.07, 6.45) is -2.77. The molecular weight excluding hydrogens is 369 g/mol. The molecule has 0 heterocycles. The van der Waals surface area contributed by atoms with Crippen LogP contribution in [0, 0.1) is 0 Å². The van der Waals surface area contributed by atoms with Crippen molar-refractivity contribution >= 4 is 35.3 Å². The van der Waals surface area contributed by atoms with E-state index in [9.17, 15) is 22.8 Å². The minimum atomic E-state index is -4.42. The van der Waals surface area contributed by atoms with E-state index in [4.69, 9.17) is 0 Å². The molecule has 0 saturated carbocycles. The van der Waals surface area contributed by atoms with Gasteiger partial charge in [-0.15, -0.1) is 0 Å². The zero-order valence-corrected chi connectivity index (χ0v) is 14.3. The molecule has 6 nitrogen and oxygen atoms in total. The predicted octanol–water partition coefficient (Wildman–Crippen LogP) is 3.67. The number of rotatable bonds is 4. The van der Waals surface area contributed by atoms with E-state index < -0.39 is 23.7 Å². The normalized spacial score (nSPS) is 10.8. The number of halogens is 3. The molecule has 3 amide bonds. The maximum atomic E-state index is 12.6. The number of amides is 3. The van der Waals surface area contributed by atoms with Crippen molar-refractivity contribution in [2.75, 3.05) is 11.6 Å². The van der Waals surface area contributed by atoms with Gasteiger partial charge in [-0.2, -0.15) is 13.2 Å². The van der Waals surface area contributed by atoms with Gasteiger partial charge >= 0.3 is 12.2 Å². The monoisotopic (exact) mass is 384 g/mol. The first-order valence-electron chi connectivity index (χ1n) is 7.24. The first-order valence-corrected chi connectivity index (χ1v) is 8.46. The molecule has 138 valence electrons. The average molecular weight is 384 g/mol. The SMILES string of the molecule is CSNC(=O)NNC(=O)c1ccccc1Nc1ccc(C(F)(F)F)cc1. The number of hydrazine groups is 1. The third-order valence-electron chi connectivity index (χ3n) is 3.15. The molecular formula is C16H15F3N4O2S. The molecule has 2 aromatic carbocycles. The average Bonchev–Trinajstić information content (AvgIpc) is 2.60. The van der Waals surface area contributed by atoms with Crippen LogP contribution >= 0.6 is 11.9 Å². The number of alkyl halides is 3. The summed E-state index contributed by atoms with van der Waals surface area (Å²) in [6, 6.07) is 10.2. The van der Waals surface area contributed by atoms with Crippen LogP contribution in [0.3, 0.4) is 0 Å². The topological polar surface area (TPSA) is 82.3 Å². The number of hydrogen-bond acceptors (Lipinski definition) is 4. The standard InChI is InChI=1S/C16H15F3N4O2S/c1-26-23-15(25)22-21-14(24)12-4-2-3-5-13(12)20-11-8-6-10(7-9-11)16(17,18)19/h2-9,20H,1H3,(H,21,24)(H2,22,23,25). The fourth-order valence-electron chi connectivity index (χ4n) is 1.99. The van der Waals surface area contributed by atoms with Crippen molar-refractivity contribution in [3.63, 3.8) is 0 Å². The van der Waals surface area contributed by atoms with Gasteiger partial charge in [-0.3, -0.25) is 14.9 Å². The molecule has 0 bridgehead atoms. The zero-order valence-electron chi connectivity index (χ0n) is 13.5. The second-order valence-electron chi connectivity index (χ2n) is 4.96. The quantitative estimate of drug-likeness (QED) is 0.479. The van der Waals surface area contributed by atoms with Gasteiger partial charge in [0.1, 0.15) is 0 Å². The van der Waals surface area contributed by atoms with E-state index in [-0.39, 0.29) is 5.56 Å². The third-order valence-corrected chi connectivity index (χ3v) is 3.54. The Labute approximate surface area is 151 Å². The Morgan fingerprint density at radius 3 is 2.23 bits per heavy atom. The van der Waals surface area contributed by atoms with E-state index in [1.165, 1.54) is 18.2 Å². The Bertz CT molecular complexity index is 782. The summed E-state index contributed by atoms with van der Waals surface area (Å²) in [5, 5.41) is 2.88. The van der Waals surface area contributed by atoms with Crippen molar-refractivity contribution in [3.05, 3.63) is 59.7 Å². The number of carbonyl (C=O) groups excluding carboxylic acids is 2. The molecule has 0 aliphatic rings. The Kier molecular flexibility index (Phi) is 6.34. The highest BCUT2D eigenvalue weighted by molar-refractivity contribution is 7.97. The molecule has 0 aromatic heterocycles. The second-order valence-corrected chi connectivity index (χ2v) is 5.57. The van der Waals surface area contributed by atoms with Gasteiger partial charge in [0.2, 0.25) is 0 Å². The van der Waals surface area contributed by atoms with E-state index in [1.807, 2.05) is 0 Å². The van der Waals surface area contributed by atoms with Gasteiger partial charge in [0.25, 0.3) is 5.91 Å². The number of benzene rings is 2. The van der Waals surface area contributed by atoms with Crippen LogP contribution in [0.1, 0.15) is 15.9 Å². The molecule has 0 saturated heterocycles. The number of para-hydroxylation sites is 1. The van der Waals surface area contributed by atoms with Crippen molar-refractivity contribution in [3.8, 4) is 0 Å². The van der Waals surface area contributed by atoms with Crippen LogP contribution in [-0.4, -0.2) is 18.2 Å². The molecule has 0 atom stereocenters. The van der Waals surface area contributed by atoms with E-state index >= 15 is 0 Å². The van der Waals surface area contributed by atoms with Gasteiger partial charge in [0.05, 0.1) is 16.8 Å². The molecule has 2 rings (SSSR count). The van der Waals surface area contributed by atoms with Crippen molar-refractivity contribution in [1.29, 1.82) is 0 Å². The molecule has 0 aliphatic heterocycles. The first kappa shape index (κ1) is 19.4. The number of urea groups is 1. The van der Waals surface area contributed by atoms with Gasteiger partial charge in [-0.1, -0.05) is 24.1 Å². The van der Waals surface area contributed by atoms with Crippen molar-refractivity contribution in [2.45, 2.75) is 6.18 Å². The lowest BCUT2D eigenvalue weighted by molar-refractivity contribution is -0.137. The Morgan fingerprint density at radius 2 is 1.62 bits per heavy atom. The lowest BCUT2D eigenvalue weighted by Crippen LogP contribution is -2.45. The smallest absolute Gasteiger partial charge is 0.355 e. The highest BCUT2D eigenvalue weighted by atomic mass is 32.2. The number of anilines is 2. The summed E-state index contributed by atoms with van der Waals surface area (Å²) < 4.78 is 40.2. The summed E-state index contributed by atoms with van der Waals surface area (Å²) in [4.78, 5) is 23.5. The van der Waals surface area contributed by atoms with Crippen LogP contribution in [0.2, 0.25) is 0 Å². The number of hydrogen-bond donors (Lipinski definition) is 4. The lowest BCUT2D eigenvalue weighted by Gasteiger charge is -2.13. The lowest BCUT2D eigenvalue weighted by atomic mass is 10.1. The highest BCUT2D eigenvalue weighted by Gasteiger charge is 2.29. The molecule has 0 aliphatic carbocycles. The van der Waals surface area contributed by atoms with E-state index in [0.717, 1.165) is 24.1 Å². The van der Waals surface area contributed by atoms with E-state index in [1.54, 1.807) is 24.5 Å². The summed E-state index contributed by atoms with van der Waals surface area (Å²) in [7, 11) is 0. The van der Waals surface area contributed by atoms with Crippen molar-refractivity contribution < 1.29 is 22.8 Å². The number of nitrogens with one attached hydrogen (secondary N) is 4. The molecule has 26 heavy (non-hydrogen) atoms. The first-order chi connectivity index (χ1) is 12.3. The van der Waals surface area contributed by atoms with Gasteiger partial charge in [-0.25, -0.2) is 10.2 Å².